The maximum atomic E-state index is 12.3. The quantitative estimate of drug-likeness (QED) is 0.837. The topological polar surface area (TPSA) is 46.1 Å². The van der Waals surface area contributed by atoms with Crippen LogP contribution in [0.5, 0.6) is 0 Å². The van der Waals surface area contributed by atoms with Crippen molar-refractivity contribution in [2.75, 3.05) is 11.4 Å². The number of aromatic nitrogens is 2. The summed E-state index contributed by atoms with van der Waals surface area (Å²) >= 11 is 1.14. The molecule has 1 aromatic heterocycles. The molecule has 5 heteroatoms. The first-order valence-electron chi connectivity index (χ1n) is 5.40. The third-order valence-electron chi connectivity index (χ3n) is 2.48. The summed E-state index contributed by atoms with van der Waals surface area (Å²) < 4.78 is 3.80. The van der Waals surface area contributed by atoms with Crippen LogP contribution in [0, 0.1) is 6.92 Å². The van der Waals surface area contributed by atoms with Crippen LogP contribution in [0.4, 0.5) is 5.69 Å². The van der Waals surface area contributed by atoms with Crippen molar-refractivity contribution >= 4 is 23.1 Å². The summed E-state index contributed by atoms with van der Waals surface area (Å²) in [6.45, 7) is 4.38. The highest BCUT2D eigenvalue weighted by molar-refractivity contribution is 7.08. The molecule has 0 saturated carbocycles. The molecule has 0 radical (unpaired) electrons. The predicted octanol–water partition coefficient (Wildman–Crippen LogP) is 2.51. The first-order valence-corrected chi connectivity index (χ1v) is 6.17. The lowest BCUT2D eigenvalue weighted by Gasteiger charge is -2.20. The smallest absolute Gasteiger partial charge is 0.271 e. The van der Waals surface area contributed by atoms with Gasteiger partial charge in [-0.25, -0.2) is 0 Å². The zero-order chi connectivity index (χ0) is 12.3. The highest BCUT2D eigenvalue weighted by Crippen LogP contribution is 2.19. The van der Waals surface area contributed by atoms with Gasteiger partial charge in [-0.15, -0.1) is 5.10 Å². The van der Waals surface area contributed by atoms with Gasteiger partial charge < -0.3 is 4.90 Å². The minimum Gasteiger partial charge on any atom is -0.308 e. The molecule has 2 rings (SSSR count). The van der Waals surface area contributed by atoms with E-state index in [1.54, 1.807) is 11.8 Å². The third-order valence-corrected chi connectivity index (χ3v) is 3.29. The average Bonchev–Trinajstić information content (AvgIpc) is 2.77. The Labute approximate surface area is 104 Å². The van der Waals surface area contributed by atoms with Crippen LogP contribution >= 0.6 is 11.5 Å². The molecule has 17 heavy (non-hydrogen) atoms. The van der Waals surface area contributed by atoms with Crippen molar-refractivity contribution in [3.05, 3.63) is 40.9 Å². The molecule has 0 aliphatic rings. The van der Waals surface area contributed by atoms with Crippen molar-refractivity contribution in [2.24, 2.45) is 0 Å². The van der Waals surface area contributed by atoms with Crippen molar-refractivity contribution in [1.82, 2.24) is 9.59 Å². The lowest BCUT2D eigenvalue weighted by Crippen LogP contribution is -2.30. The fourth-order valence-electron chi connectivity index (χ4n) is 1.60. The zero-order valence-electron chi connectivity index (χ0n) is 9.75. The fraction of sp³-hybridized carbons (Fsp3) is 0.250. The highest BCUT2D eigenvalue weighted by atomic mass is 32.1. The van der Waals surface area contributed by atoms with E-state index in [-0.39, 0.29) is 5.91 Å². The van der Waals surface area contributed by atoms with E-state index in [0.717, 1.165) is 17.2 Å². The molecular formula is C12H13N3OS. The molecule has 0 atom stereocenters. The van der Waals surface area contributed by atoms with Gasteiger partial charge in [0, 0.05) is 12.2 Å². The molecule has 0 saturated heterocycles. The Hall–Kier alpha value is -1.75. The summed E-state index contributed by atoms with van der Waals surface area (Å²) in [7, 11) is 0. The minimum atomic E-state index is -0.0359. The van der Waals surface area contributed by atoms with Crippen molar-refractivity contribution < 1.29 is 4.79 Å². The van der Waals surface area contributed by atoms with Gasteiger partial charge in [-0.05, 0) is 37.5 Å². The summed E-state index contributed by atoms with van der Waals surface area (Å²) in [4.78, 5) is 14.6. The Kier molecular flexibility index (Phi) is 3.49. The number of anilines is 1. The maximum Gasteiger partial charge on any atom is 0.271 e. The second-order valence-corrected chi connectivity index (χ2v) is 4.33. The van der Waals surface area contributed by atoms with Gasteiger partial charge in [-0.1, -0.05) is 22.7 Å². The van der Waals surface area contributed by atoms with Crippen molar-refractivity contribution in [3.63, 3.8) is 0 Å². The molecule has 1 heterocycles. The predicted molar refractivity (Wildman–Crippen MR) is 68.4 cm³/mol. The van der Waals surface area contributed by atoms with Gasteiger partial charge in [0.2, 0.25) is 0 Å². The molecule has 0 bridgehead atoms. The normalized spacial score (nSPS) is 10.2. The number of hydrogen-bond acceptors (Lipinski definition) is 4. The van der Waals surface area contributed by atoms with Crippen LogP contribution < -0.4 is 4.90 Å². The van der Waals surface area contributed by atoms with Gasteiger partial charge in [0.05, 0.1) is 5.69 Å². The second kappa shape index (κ2) is 5.05. The maximum absolute atomic E-state index is 12.3. The van der Waals surface area contributed by atoms with Crippen molar-refractivity contribution in [1.29, 1.82) is 0 Å². The van der Waals surface area contributed by atoms with E-state index >= 15 is 0 Å². The Morgan fingerprint density at radius 3 is 2.59 bits per heavy atom. The van der Waals surface area contributed by atoms with Gasteiger partial charge in [0.1, 0.15) is 4.88 Å². The van der Waals surface area contributed by atoms with E-state index in [0.29, 0.717) is 17.1 Å². The van der Waals surface area contributed by atoms with E-state index in [9.17, 15) is 4.79 Å². The Balaban J connectivity index is 2.32. The molecule has 0 fully saturated rings. The van der Waals surface area contributed by atoms with Crippen LogP contribution in [0.15, 0.2) is 30.3 Å². The van der Waals surface area contributed by atoms with Crippen LogP contribution in [0.3, 0.4) is 0 Å². The van der Waals surface area contributed by atoms with Gasteiger partial charge in [-0.2, -0.15) is 0 Å². The summed E-state index contributed by atoms with van der Waals surface area (Å²) in [5.74, 6) is -0.0359. The van der Waals surface area contributed by atoms with E-state index in [1.807, 2.05) is 37.3 Å². The zero-order valence-corrected chi connectivity index (χ0v) is 10.6. The van der Waals surface area contributed by atoms with Crippen LogP contribution in [0.2, 0.25) is 0 Å². The summed E-state index contributed by atoms with van der Waals surface area (Å²) in [5, 5.41) is 3.87. The van der Waals surface area contributed by atoms with Gasteiger partial charge >= 0.3 is 0 Å². The van der Waals surface area contributed by atoms with Crippen molar-refractivity contribution in [3.8, 4) is 0 Å². The minimum absolute atomic E-state index is 0.0359. The summed E-state index contributed by atoms with van der Waals surface area (Å²) in [6.07, 6.45) is 0. The molecular weight excluding hydrogens is 234 g/mol. The van der Waals surface area contributed by atoms with Gasteiger partial charge in [-0.3, -0.25) is 4.79 Å². The molecule has 1 aromatic carbocycles. The Morgan fingerprint density at radius 1 is 1.35 bits per heavy atom. The van der Waals surface area contributed by atoms with Crippen LogP contribution in [-0.2, 0) is 0 Å². The third kappa shape index (κ3) is 2.34. The number of rotatable bonds is 3. The number of aryl methyl sites for hydroxylation is 1. The largest absolute Gasteiger partial charge is 0.308 e. The Morgan fingerprint density at radius 2 is 2.06 bits per heavy atom. The van der Waals surface area contributed by atoms with E-state index in [2.05, 4.69) is 9.59 Å². The number of para-hydroxylation sites is 1. The molecule has 1 amide bonds. The second-order valence-electron chi connectivity index (χ2n) is 3.57. The standard InChI is InChI=1S/C12H13N3OS/c1-3-15(10-7-5-4-6-8-10)12(16)11-9(2)13-14-17-11/h4-8H,3H2,1-2H3. The SMILES string of the molecule is CCN(C(=O)c1snnc1C)c1ccccc1. The number of carbonyl (C=O) groups excluding carboxylic acids is 1. The molecule has 0 unspecified atom stereocenters. The first kappa shape index (κ1) is 11.7. The van der Waals surface area contributed by atoms with Crippen LogP contribution in [0.25, 0.3) is 0 Å². The lowest BCUT2D eigenvalue weighted by molar-refractivity contribution is 0.0991. The molecule has 0 spiro atoms. The number of hydrogen-bond donors (Lipinski definition) is 0. The van der Waals surface area contributed by atoms with E-state index in [1.165, 1.54) is 0 Å². The highest BCUT2D eigenvalue weighted by Gasteiger charge is 2.20. The number of amides is 1. The Bertz CT molecular complexity index is 509. The summed E-state index contributed by atoms with van der Waals surface area (Å²) in [6, 6.07) is 9.61. The molecule has 88 valence electrons. The lowest BCUT2D eigenvalue weighted by atomic mass is 10.2. The van der Waals surface area contributed by atoms with Crippen LogP contribution in [-0.4, -0.2) is 22.0 Å². The van der Waals surface area contributed by atoms with Crippen molar-refractivity contribution in [2.45, 2.75) is 13.8 Å². The summed E-state index contributed by atoms with van der Waals surface area (Å²) in [5.41, 5.74) is 1.59. The molecule has 0 N–H and O–H groups in total. The monoisotopic (exact) mass is 247 g/mol. The van der Waals surface area contributed by atoms with E-state index in [4.69, 9.17) is 0 Å². The molecule has 0 aliphatic carbocycles. The fourth-order valence-corrected chi connectivity index (χ4v) is 2.21. The molecule has 4 nitrogen and oxygen atoms in total. The number of benzene rings is 1. The van der Waals surface area contributed by atoms with E-state index < -0.39 is 0 Å². The first-order chi connectivity index (χ1) is 8.24. The molecule has 2 aromatic rings. The molecule has 0 aliphatic heterocycles. The number of nitrogens with zero attached hydrogens (tertiary/aromatic N) is 3. The van der Waals surface area contributed by atoms with Gasteiger partial charge in [0.15, 0.2) is 0 Å². The van der Waals surface area contributed by atoms with Gasteiger partial charge in [0.25, 0.3) is 5.91 Å². The number of carbonyl (C=O) groups is 1. The average molecular weight is 247 g/mol. The van der Waals surface area contributed by atoms with Crippen LogP contribution in [0.1, 0.15) is 22.3 Å².